The second-order valence-electron chi connectivity index (χ2n) is 7.95. The number of ether oxygens (including phenoxy) is 1. The Balaban J connectivity index is 2.18. The van der Waals surface area contributed by atoms with Gasteiger partial charge in [0, 0.05) is 0 Å². The zero-order valence-corrected chi connectivity index (χ0v) is 19.1. The third kappa shape index (κ3) is 8.22. The van der Waals surface area contributed by atoms with E-state index in [4.69, 9.17) is 13.8 Å². The number of nitrogens with zero attached hydrogens (tertiary/aromatic N) is 1. The lowest BCUT2D eigenvalue weighted by Crippen LogP contribution is -2.37. The molecule has 10 heteroatoms. The molecule has 2 atom stereocenters. The minimum Gasteiger partial charge on any atom is -0.733 e. The first-order valence-corrected chi connectivity index (χ1v) is 11.2. The number of hydrogen-bond acceptors (Lipinski definition) is 8. The molecule has 1 N–H and O–H groups in total. The predicted molar refractivity (Wildman–Crippen MR) is 118 cm³/mol. The van der Waals surface area contributed by atoms with Crippen molar-refractivity contribution in [2.75, 3.05) is 18.9 Å². The zero-order valence-electron chi connectivity index (χ0n) is 18.2. The van der Waals surface area contributed by atoms with Crippen molar-refractivity contribution >= 4 is 19.4 Å². The van der Waals surface area contributed by atoms with Crippen LogP contribution in [0.2, 0.25) is 0 Å². The van der Waals surface area contributed by atoms with Crippen LogP contribution in [0, 0.1) is 10.6 Å². The molecular weight excluding hydrogens is 423 g/mol. The minimum atomic E-state index is -4.06. The topological polar surface area (TPSA) is 109 Å². The summed E-state index contributed by atoms with van der Waals surface area (Å²) in [5.41, 5.74) is 0.0101. The third-order valence-electron chi connectivity index (χ3n) is 3.76. The van der Waals surface area contributed by atoms with Crippen molar-refractivity contribution in [2.45, 2.75) is 33.7 Å². The molecule has 2 rings (SSSR count). The molecule has 0 fully saturated rings. The lowest BCUT2D eigenvalue weighted by atomic mass is 9.99. The van der Waals surface area contributed by atoms with Gasteiger partial charge < -0.3 is 24.2 Å². The molecule has 2 aromatic rings. The van der Waals surface area contributed by atoms with Crippen LogP contribution in [0.4, 0.5) is 5.69 Å². The van der Waals surface area contributed by atoms with E-state index in [1.165, 1.54) is 38.3 Å². The highest BCUT2D eigenvalue weighted by Gasteiger charge is 2.34. The van der Waals surface area contributed by atoms with Gasteiger partial charge in [-0.05, 0) is 48.7 Å². The van der Waals surface area contributed by atoms with Crippen LogP contribution in [0.15, 0.2) is 54.6 Å². The summed E-state index contributed by atoms with van der Waals surface area (Å²) in [6, 6.07) is 13.2. The Morgan fingerprint density at radius 3 is 2.13 bits per heavy atom. The molecule has 0 bridgehead atoms. The van der Waals surface area contributed by atoms with Crippen molar-refractivity contribution in [3.05, 3.63) is 59.8 Å². The second kappa shape index (κ2) is 10.6. The number of esters is 1. The maximum atomic E-state index is 13.5. The predicted octanol–water partition coefficient (Wildman–Crippen LogP) is 4.69. The molecule has 0 spiro atoms. The summed E-state index contributed by atoms with van der Waals surface area (Å²) in [6.45, 7) is 7.51. The van der Waals surface area contributed by atoms with Crippen LogP contribution in [-0.2, 0) is 18.9 Å². The molecule has 0 aliphatic rings. The van der Waals surface area contributed by atoms with Gasteiger partial charge in [-0.25, -0.2) is 4.57 Å². The van der Waals surface area contributed by atoms with Gasteiger partial charge in [0.25, 0.3) is 0 Å². The van der Waals surface area contributed by atoms with Gasteiger partial charge in [0.05, 0.1) is 19.4 Å². The van der Waals surface area contributed by atoms with E-state index in [1.54, 1.807) is 30.3 Å². The van der Waals surface area contributed by atoms with Crippen molar-refractivity contribution in [1.82, 2.24) is 5.09 Å². The smallest absolute Gasteiger partial charge is 0.513 e. The fraction of sp³-hybridized carbons (Fsp3) is 0.381. The number of rotatable bonds is 10. The molecule has 170 valence electrons. The molecule has 0 saturated heterocycles. The first kappa shape index (κ1) is 24.7. The first-order valence-electron chi connectivity index (χ1n) is 9.61. The van der Waals surface area contributed by atoms with Gasteiger partial charge in [0.1, 0.15) is 17.5 Å². The van der Waals surface area contributed by atoms with E-state index < -0.39 is 19.8 Å². The maximum absolute atomic E-state index is 13.5. The van der Waals surface area contributed by atoms with Crippen molar-refractivity contribution in [3.8, 4) is 11.5 Å². The molecule has 9 nitrogen and oxygen atoms in total. The van der Waals surface area contributed by atoms with Crippen LogP contribution < -0.4 is 19.4 Å². The summed E-state index contributed by atoms with van der Waals surface area (Å²) < 4.78 is 29.9. The lowest BCUT2D eigenvalue weighted by Gasteiger charge is -2.27. The molecule has 0 aromatic heterocycles. The Kier molecular flexibility index (Phi) is 8.47. The molecule has 0 aliphatic carbocycles. The fourth-order valence-corrected chi connectivity index (χ4v) is 3.79. The summed E-state index contributed by atoms with van der Waals surface area (Å²) in [6.07, 6.45) is 0. The Labute approximate surface area is 182 Å². The van der Waals surface area contributed by atoms with Gasteiger partial charge in [-0.2, -0.15) is 5.09 Å². The van der Waals surface area contributed by atoms with Crippen molar-refractivity contribution < 1.29 is 28.0 Å². The molecule has 0 unspecified atom stereocenters. The number of hydrogen-bond donors (Lipinski definition) is 1. The molecule has 31 heavy (non-hydrogen) atoms. The summed E-state index contributed by atoms with van der Waals surface area (Å²) in [5.74, 6) is -0.140. The van der Waals surface area contributed by atoms with E-state index in [2.05, 4.69) is 9.92 Å². The van der Waals surface area contributed by atoms with Gasteiger partial charge in [0.15, 0.2) is 0 Å². The molecule has 0 saturated carbocycles. The average molecular weight is 451 g/mol. The average Bonchev–Trinajstić information content (AvgIpc) is 2.71. The highest BCUT2D eigenvalue weighted by Crippen LogP contribution is 2.45. The number of para-hydroxylation sites is 1. The van der Waals surface area contributed by atoms with E-state index in [1.807, 2.05) is 20.8 Å². The number of carbonyl (C=O) groups excluding carboxylic acids is 1. The molecule has 0 heterocycles. The Hall–Kier alpha value is -2.58. The molecular formula is C21H28N2O7P-. The first-order chi connectivity index (χ1) is 14.5. The maximum Gasteiger partial charge on any atom is 0.513 e. The number of nitrogens with one attached hydrogen (secondary N) is 1. The largest absolute Gasteiger partial charge is 0.733 e. The van der Waals surface area contributed by atoms with Gasteiger partial charge in [0.2, 0.25) is 0 Å². The van der Waals surface area contributed by atoms with Crippen LogP contribution in [-0.4, -0.2) is 25.7 Å². The number of anilines is 1. The van der Waals surface area contributed by atoms with E-state index in [9.17, 15) is 14.6 Å². The van der Waals surface area contributed by atoms with Crippen molar-refractivity contribution in [1.29, 1.82) is 0 Å². The highest BCUT2D eigenvalue weighted by molar-refractivity contribution is 7.52. The quantitative estimate of drug-likeness (QED) is 0.313. The lowest BCUT2D eigenvalue weighted by molar-refractivity contribution is -0.148. The summed E-state index contributed by atoms with van der Waals surface area (Å²) in [7, 11) is -2.82. The normalized spacial score (nSPS) is 14.3. The van der Waals surface area contributed by atoms with E-state index in [0.29, 0.717) is 5.23 Å². The van der Waals surface area contributed by atoms with Crippen molar-refractivity contribution in [2.24, 2.45) is 5.41 Å². The highest BCUT2D eigenvalue weighted by atomic mass is 31.2. The molecule has 0 radical (unpaired) electrons. The Morgan fingerprint density at radius 1 is 1.06 bits per heavy atom. The van der Waals surface area contributed by atoms with E-state index in [-0.39, 0.29) is 29.2 Å². The van der Waals surface area contributed by atoms with Gasteiger partial charge in [-0.15, -0.1) is 0 Å². The van der Waals surface area contributed by atoms with E-state index in [0.717, 1.165) is 0 Å². The summed E-state index contributed by atoms with van der Waals surface area (Å²) >= 11 is 0. The van der Waals surface area contributed by atoms with Gasteiger partial charge >= 0.3 is 13.7 Å². The fourth-order valence-electron chi connectivity index (χ4n) is 2.27. The van der Waals surface area contributed by atoms with Crippen LogP contribution in [0.3, 0.4) is 0 Å². The number of carbonyl (C=O) groups is 1. The Morgan fingerprint density at radius 2 is 1.61 bits per heavy atom. The van der Waals surface area contributed by atoms with Gasteiger partial charge in [-0.1, -0.05) is 39.0 Å². The van der Waals surface area contributed by atoms with Crippen LogP contribution in [0.5, 0.6) is 11.5 Å². The molecule has 0 aliphatic heterocycles. The minimum absolute atomic E-state index is 0.162. The summed E-state index contributed by atoms with van der Waals surface area (Å²) in [5, 5.41) is 14.4. The van der Waals surface area contributed by atoms with Crippen LogP contribution >= 0.6 is 7.75 Å². The summed E-state index contributed by atoms with van der Waals surface area (Å²) in [4.78, 5) is 16.9. The van der Waals surface area contributed by atoms with Crippen LogP contribution in [0.25, 0.3) is 0 Å². The van der Waals surface area contributed by atoms with E-state index >= 15 is 0 Å². The standard InChI is InChI=1S/C21H28N2O7P/c1-16(20(24)28-15-21(2,3)4)22-31(26,29-18-9-7-6-8-10-18)30-19-13-11-17(12-14-19)23(25)27-5/h6-14,16H,15H2,1-5H3,(H,22,26)/q-1/t16-,31-/m0/s1. The van der Waals surface area contributed by atoms with Crippen molar-refractivity contribution in [3.63, 3.8) is 0 Å². The van der Waals surface area contributed by atoms with Gasteiger partial charge in [-0.3, -0.25) is 9.63 Å². The Bertz CT molecular complexity index is 885. The third-order valence-corrected chi connectivity index (χ3v) is 5.37. The molecule has 2 aromatic carbocycles. The number of benzene rings is 2. The zero-order chi connectivity index (χ0) is 23.1. The van der Waals surface area contributed by atoms with Crippen LogP contribution in [0.1, 0.15) is 27.7 Å². The monoisotopic (exact) mass is 451 g/mol. The molecule has 0 amide bonds. The second-order valence-corrected chi connectivity index (χ2v) is 9.56. The SMILES string of the molecule is CON([O-])c1ccc(O[P@](=O)(N[C@@H](C)C(=O)OCC(C)(C)C)Oc2ccccc2)cc1.